The zero-order chi connectivity index (χ0) is 12.7. The molecule has 0 radical (unpaired) electrons. The third kappa shape index (κ3) is 1.88. The Morgan fingerprint density at radius 1 is 1.33 bits per heavy atom. The maximum atomic E-state index is 13.0. The quantitative estimate of drug-likeness (QED) is 0.765. The fourth-order valence-electron chi connectivity index (χ4n) is 3.14. The summed E-state index contributed by atoms with van der Waals surface area (Å²) in [5.74, 6) is -0.848. The number of pyridine rings is 1. The molecule has 2 saturated heterocycles. The van der Waals surface area contributed by atoms with E-state index in [0.717, 1.165) is 12.8 Å². The van der Waals surface area contributed by atoms with Crippen LogP contribution in [0.25, 0.3) is 0 Å². The molecule has 1 N–H and O–H groups in total. The van der Waals surface area contributed by atoms with Gasteiger partial charge in [0, 0.05) is 12.1 Å². The number of amides is 1. The van der Waals surface area contributed by atoms with Gasteiger partial charge in [0.2, 0.25) is 5.95 Å². The number of hydrogen-bond acceptors (Lipinski definition) is 3. The second kappa shape index (κ2) is 4.31. The highest BCUT2D eigenvalue weighted by molar-refractivity contribution is 5.93. The molecule has 2 atom stereocenters. The minimum atomic E-state index is -0.634. The summed E-state index contributed by atoms with van der Waals surface area (Å²) in [5, 5.41) is 9.69. The predicted octanol–water partition coefficient (Wildman–Crippen LogP) is 1.35. The van der Waals surface area contributed by atoms with Crippen LogP contribution in [0.3, 0.4) is 0 Å². The van der Waals surface area contributed by atoms with Crippen LogP contribution in [0.1, 0.15) is 36.2 Å². The molecule has 1 aromatic heterocycles. The molecule has 1 aromatic rings. The smallest absolute Gasteiger partial charge is 0.273 e. The standard InChI is InChI=1S/C13H15FN2O2/c14-12-3-1-2-11(15-12)13(18)16-8-4-5-9(16)7-10(17)6-8/h1-3,8-10,17H,4-7H2. The van der Waals surface area contributed by atoms with Gasteiger partial charge in [-0.05, 0) is 37.8 Å². The minimum Gasteiger partial charge on any atom is -0.393 e. The summed E-state index contributed by atoms with van der Waals surface area (Å²) in [5.41, 5.74) is 0.156. The molecule has 1 amide bonds. The highest BCUT2D eigenvalue weighted by Gasteiger charge is 2.43. The number of rotatable bonds is 1. The third-order valence-corrected chi connectivity index (χ3v) is 3.88. The number of aliphatic hydroxyl groups is 1. The van der Waals surface area contributed by atoms with Gasteiger partial charge in [-0.15, -0.1) is 0 Å². The summed E-state index contributed by atoms with van der Waals surface area (Å²) >= 11 is 0. The first-order valence-electron chi connectivity index (χ1n) is 6.28. The molecule has 3 heterocycles. The van der Waals surface area contributed by atoms with Crippen LogP contribution in [0.15, 0.2) is 18.2 Å². The monoisotopic (exact) mass is 250 g/mol. The van der Waals surface area contributed by atoms with Crippen LogP contribution in [0.4, 0.5) is 4.39 Å². The Kier molecular flexibility index (Phi) is 2.78. The summed E-state index contributed by atoms with van der Waals surface area (Å²) in [7, 11) is 0. The van der Waals surface area contributed by atoms with E-state index in [9.17, 15) is 14.3 Å². The van der Waals surface area contributed by atoms with Gasteiger partial charge in [0.05, 0.1) is 6.10 Å². The lowest BCUT2D eigenvalue weighted by molar-refractivity contribution is 0.0281. The van der Waals surface area contributed by atoms with Crippen LogP contribution in [0.5, 0.6) is 0 Å². The van der Waals surface area contributed by atoms with Crippen LogP contribution in [-0.2, 0) is 0 Å². The molecule has 0 aromatic carbocycles. The summed E-state index contributed by atoms with van der Waals surface area (Å²) in [4.78, 5) is 17.8. The number of halogens is 1. The molecular formula is C13H15FN2O2. The number of carbonyl (C=O) groups excluding carboxylic acids is 1. The van der Waals surface area contributed by atoms with Crippen molar-refractivity contribution in [1.82, 2.24) is 9.88 Å². The Balaban J connectivity index is 1.85. The van der Waals surface area contributed by atoms with Gasteiger partial charge in [0.25, 0.3) is 5.91 Å². The van der Waals surface area contributed by atoms with E-state index in [1.807, 2.05) is 0 Å². The molecule has 4 nitrogen and oxygen atoms in total. The average molecular weight is 250 g/mol. The fraction of sp³-hybridized carbons (Fsp3) is 0.538. The third-order valence-electron chi connectivity index (χ3n) is 3.88. The van der Waals surface area contributed by atoms with E-state index >= 15 is 0 Å². The van der Waals surface area contributed by atoms with Gasteiger partial charge in [-0.2, -0.15) is 4.39 Å². The Labute approximate surface area is 104 Å². The molecule has 5 heteroatoms. The number of nitrogens with zero attached hydrogens (tertiary/aromatic N) is 2. The molecule has 2 fully saturated rings. The lowest BCUT2D eigenvalue weighted by atomic mass is 9.99. The van der Waals surface area contributed by atoms with Gasteiger partial charge in [0.1, 0.15) is 5.69 Å². The van der Waals surface area contributed by atoms with Gasteiger partial charge in [-0.25, -0.2) is 4.98 Å². The van der Waals surface area contributed by atoms with E-state index in [2.05, 4.69) is 4.98 Å². The summed E-state index contributed by atoms with van der Waals surface area (Å²) in [6, 6.07) is 4.42. The molecule has 2 aliphatic rings. The van der Waals surface area contributed by atoms with Gasteiger partial charge < -0.3 is 10.0 Å². The second-order valence-electron chi connectivity index (χ2n) is 5.07. The molecule has 2 aliphatic heterocycles. The zero-order valence-electron chi connectivity index (χ0n) is 9.92. The summed E-state index contributed by atoms with van der Waals surface area (Å²) in [6.45, 7) is 0. The molecular weight excluding hydrogens is 235 g/mol. The van der Waals surface area contributed by atoms with Crippen molar-refractivity contribution in [3.8, 4) is 0 Å². The van der Waals surface area contributed by atoms with Crippen LogP contribution in [0, 0.1) is 5.95 Å². The van der Waals surface area contributed by atoms with E-state index < -0.39 is 5.95 Å². The van der Waals surface area contributed by atoms with Crippen molar-refractivity contribution in [2.45, 2.75) is 43.9 Å². The van der Waals surface area contributed by atoms with E-state index in [1.165, 1.54) is 18.2 Å². The first-order chi connectivity index (χ1) is 8.65. The fourth-order valence-corrected chi connectivity index (χ4v) is 3.14. The van der Waals surface area contributed by atoms with E-state index in [4.69, 9.17) is 0 Å². The number of hydrogen-bond donors (Lipinski definition) is 1. The highest BCUT2D eigenvalue weighted by Crippen LogP contribution is 2.36. The first-order valence-corrected chi connectivity index (χ1v) is 6.28. The minimum absolute atomic E-state index is 0.0799. The molecule has 18 heavy (non-hydrogen) atoms. The van der Waals surface area contributed by atoms with Crippen molar-refractivity contribution in [1.29, 1.82) is 0 Å². The molecule has 96 valence electrons. The Bertz CT molecular complexity index is 466. The summed E-state index contributed by atoms with van der Waals surface area (Å²) in [6.07, 6.45) is 2.77. The maximum Gasteiger partial charge on any atom is 0.273 e. The Morgan fingerprint density at radius 2 is 2.00 bits per heavy atom. The number of carbonyl (C=O) groups is 1. The molecule has 0 spiro atoms. The maximum absolute atomic E-state index is 13.0. The zero-order valence-corrected chi connectivity index (χ0v) is 9.92. The topological polar surface area (TPSA) is 53.4 Å². The second-order valence-corrected chi connectivity index (χ2v) is 5.07. The van der Waals surface area contributed by atoms with Gasteiger partial charge in [-0.1, -0.05) is 6.07 Å². The van der Waals surface area contributed by atoms with Crippen molar-refractivity contribution in [2.75, 3.05) is 0 Å². The van der Waals surface area contributed by atoms with Gasteiger partial charge in [0.15, 0.2) is 0 Å². The SMILES string of the molecule is O=C(c1cccc(F)n1)N1C2CCC1CC(O)C2. The molecule has 0 saturated carbocycles. The van der Waals surface area contributed by atoms with Gasteiger partial charge >= 0.3 is 0 Å². The van der Waals surface area contributed by atoms with E-state index in [1.54, 1.807) is 4.90 Å². The van der Waals surface area contributed by atoms with E-state index in [0.29, 0.717) is 12.8 Å². The largest absolute Gasteiger partial charge is 0.393 e. The normalized spacial score (nSPS) is 30.6. The van der Waals surface area contributed by atoms with Crippen molar-refractivity contribution in [3.63, 3.8) is 0 Å². The predicted molar refractivity (Wildman–Crippen MR) is 62.4 cm³/mol. The lowest BCUT2D eigenvalue weighted by Crippen LogP contribution is -2.48. The van der Waals surface area contributed by atoms with Gasteiger partial charge in [-0.3, -0.25) is 4.79 Å². The average Bonchev–Trinajstić information content (AvgIpc) is 2.61. The van der Waals surface area contributed by atoms with E-state index in [-0.39, 0.29) is 29.8 Å². The molecule has 0 aliphatic carbocycles. The summed E-state index contributed by atoms with van der Waals surface area (Å²) < 4.78 is 13.0. The van der Waals surface area contributed by atoms with Crippen molar-refractivity contribution < 1.29 is 14.3 Å². The van der Waals surface area contributed by atoms with Crippen LogP contribution >= 0.6 is 0 Å². The van der Waals surface area contributed by atoms with Crippen molar-refractivity contribution in [3.05, 3.63) is 29.8 Å². The molecule has 2 unspecified atom stereocenters. The number of piperidine rings is 1. The first kappa shape index (κ1) is 11.6. The molecule has 3 rings (SSSR count). The van der Waals surface area contributed by atoms with Crippen LogP contribution < -0.4 is 0 Å². The van der Waals surface area contributed by atoms with Crippen molar-refractivity contribution in [2.24, 2.45) is 0 Å². The number of aromatic nitrogens is 1. The van der Waals surface area contributed by atoms with Crippen LogP contribution in [0.2, 0.25) is 0 Å². The lowest BCUT2D eigenvalue weighted by Gasteiger charge is -2.36. The van der Waals surface area contributed by atoms with Crippen LogP contribution in [-0.4, -0.2) is 39.1 Å². The highest BCUT2D eigenvalue weighted by atomic mass is 19.1. The molecule has 2 bridgehead atoms. The van der Waals surface area contributed by atoms with Crippen molar-refractivity contribution >= 4 is 5.91 Å². The Hall–Kier alpha value is -1.49. The Morgan fingerprint density at radius 3 is 2.61 bits per heavy atom. The number of aliphatic hydroxyl groups excluding tert-OH is 1. The number of fused-ring (bicyclic) bond motifs is 2.